The molecule has 29 heavy (non-hydrogen) atoms. The molecule has 2 heterocycles. The Hall–Kier alpha value is -2.80. The molecule has 2 aromatic carbocycles. The second-order valence-corrected chi connectivity index (χ2v) is 7.12. The van der Waals surface area contributed by atoms with Crippen LogP contribution in [0.15, 0.2) is 40.9 Å². The van der Waals surface area contributed by atoms with E-state index in [9.17, 15) is 0 Å². The molecule has 3 N–H and O–H groups in total. The van der Waals surface area contributed by atoms with Crippen LogP contribution in [-0.4, -0.2) is 34.2 Å². The molecule has 1 atom stereocenters. The molecular weight excluding hydrogens is 390 g/mol. The van der Waals surface area contributed by atoms with E-state index in [1.54, 1.807) is 4.90 Å². The Morgan fingerprint density at radius 3 is 2.86 bits per heavy atom. The highest BCUT2D eigenvalue weighted by atomic mass is 35.5. The van der Waals surface area contributed by atoms with Gasteiger partial charge in [0.15, 0.2) is 5.96 Å². The highest BCUT2D eigenvalue weighted by Crippen LogP contribution is 2.32. The van der Waals surface area contributed by atoms with Gasteiger partial charge in [-0.3, -0.25) is 5.41 Å². The van der Waals surface area contributed by atoms with E-state index in [1.807, 2.05) is 18.2 Å². The van der Waals surface area contributed by atoms with Crippen molar-refractivity contribution in [3.05, 3.63) is 42.3 Å². The maximum Gasteiger partial charge on any atom is 0.249 e. The van der Waals surface area contributed by atoms with Gasteiger partial charge < -0.3 is 19.9 Å². The van der Waals surface area contributed by atoms with Crippen molar-refractivity contribution in [3.8, 4) is 17.1 Å². The molecule has 1 saturated heterocycles. The van der Waals surface area contributed by atoms with Gasteiger partial charge in [0.25, 0.3) is 0 Å². The van der Waals surface area contributed by atoms with Crippen molar-refractivity contribution in [1.29, 1.82) is 5.41 Å². The monoisotopic (exact) mass is 415 g/mol. The van der Waals surface area contributed by atoms with Crippen molar-refractivity contribution >= 4 is 29.1 Å². The summed E-state index contributed by atoms with van der Waals surface area (Å²) in [4.78, 5) is 6.38. The van der Waals surface area contributed by atoms with Crippen LogP contribution in [0.5, 0.6) is 5.75 Å². The number of likely N-dealkylation sites (tertiary alicyclic amines) is 1. The molecule has 1 unspecified atom stereocenters. The molecule has 1 aliphatic heterocycles. The summed E-state index contributed by atoms with van der Waals surface area (Å²) in [6, 6.07) is 12.1. The van der Waals surface area contributed by atoms with Crippen LogP contribution in [0.4, 0.5) is 0 Å². The first-order valence-electron chi connectivity index (χ1n) is 9.77. The van der Waals surface area contributed by atoms with E-state index in [0.29, 0.717) is 11.7 Å². The maximum atomic E-state index is 7.71. The molecule has 0 bridgehead atoms. The summed E-state index contributed by atoms with van der Waals surface area (Å²) in [7, 11) is 0. The smallest absolute Gasteiger partial charge is 0.249 e. The lowest BCUT2D eigenvalue weighted by atomic mass is 10.1. The third-order valence-electron chi connectivity index (χ3n) is 5.13. The molecule has 0 spiro atoms. The van der Waals surface area contributed by atoms with Crippen molar-refractivity contribution in [2.45, 2.75) is 38.6 Å². The number of nitrogens with two attached hydrogens (primary N) is 1. The van der Waals surface area contributed by atoms with Crippen LogP contribution < -0.4 is 10.5 Å². The van der Waals surface area contributed by atoms with Gasteiger partial charge in [0, 0.05) is 12.1 Å². The molecular formula is C21H26ClN5O2. The van der Waals surface area contributed by atoms with Crippen LogP contribution in [0.3, 0.4) is 0 Å². The minimum atomic E-state index is -0.109. The topological polar surface area (TPSA) is 101 Å². The van der Waals surface area contributed by atoms with E-state index in [-0.39, 0.29) is 24.4 Å². The summed E-state index contributed by atoms with van der Waals surface area (Å²) in [6.45, 7) is 3.64. The molecule has 7 nitrogen and oxygen atoms in total. The van der Waals surface area contributed by atoms with Gasteiger partial charge in [-0.15, -0.1) is 12.4 Å². The number of nitrogens with zero attached hydrogens (tertiary/aromatic N) is 3. The maximum absolute atomic E-state index is 7.71. The Bertz CT molecular complexity index is 990. The number of ether oxygens (including phenoxy) is 1. The van der Waals surface area contributed by atoms with Gasteiger partial charge in [-0.1, -0.05) is 36.7 Å². The van der Waals surface area contributed by atoms with Gasteiger partial charge in [-0.25, -0.2) is 0 Å². The molecule has 154 valence electrons. The van der Waals surface area contributed by atoms with E-state index in [2.05, 4.69) is 35.3 Å². The fraction of sp³-hybridized carbons (Fsp3) is 0.381. The molecule has 0 amide bonds. The Morgan fingerprint density at radius 2 is 2.07 bits per heavy atom. The van der Waals surface area contributed by atoms with Crippen molar-refractivity contribution in [2.75, 3.05) is 13.2 Å². The zero-order valence-electron chi connectivity index (χ0n) is 16.4. The van der Waals surface area contributed by atoms with Crippen LogP contribution in [-0.2, 0) is 0 Å². The number of aromatic nitrogens is 2. The van der Waals surface area contributed by atoms with Crippen LogP contribution >= 0.6 is 12.4 Å². The second kappa shape index (κ2) is 9.13. The van der Waals surface area contributed by atoms with Crippen molar-refractivity contribution in [2.24, 2.45) is 5.73 Å². The molecule has 3 aromatic rings. The van der Waals surface area contributed by atoms with Crippen LogP contribution in [0.1, 0.15) is 44.5 Å². The predicted molar refractivity (Wildman–Crippen MR) is 115 cm³/mol. The summed E-state index contributed by atoms with van der Waals surface area (Å²) in [5.74, 6) is 2.00. The number of hydrogen-bond acceptors (Lipinski definition) is 5. The van der Waals surface area contributed by atoms with Crippen molar-refractivity contribution in [3.63, 3.8) is 0 Å². The molecule has 1 fully saturated rings. The SMILES string of the molecule is CCCCOc1ccc2cc(-c3noc(C4CCCN4C(=N)N)n3)ccc2c1.Cl. The summed E-state index contributed by atoms with van der Waals surface area (Å²) in [5, 5.41) is 14.1. The third-order valence-corrected chi connectivity index (χ3v) is 5.13. The largest absolute Gasteiger partial charge is 0.494 e. The molecule has 8 heteroatoms. The summed E-state index contributed by atoms with van der Waals surface area (Å²) >= 11 is 0. The highest BCUT2D eigenvalue weighted by Gasteiger charge is 2.31. The number of hydrogen-bond donors (Lipinski definition) is 2. The minimum Gasteiger partial charge on any atom is -0.494 e. The van der Waals surface area contributed by atoms with Gasteiger partial charge in [0.1, 0.15) is 11.8 Å². The van der Waals surface area contributed by atoms with E-state index in [4.69, 9.17) is 20.4 Å². The Labute approximate surface area is 176 Å². The predicted octanol–water partition coefficient (Wildman–Crippen LogP) is 4.52. The van der Waals surface area contributed by atoms with E-state index in [0.717, 1.165) is 60.9 Å². The number of rotatable bonds is 6. The number of halogens is 1. The van der Waals surface area contributed by atoms with Gasteiger partial charge in [-0.05, 0) is 48.2 Å². The number of fused-ring (bicyclic) bond motifs is 1. The van der Waals surface area contributed by atoms with Crippen LogP contribution in [0, 0.1) is 5.41 Å². The Morgan fingerprint density at radius 1 is 1.28 bits per heavy atom. The second-order valence-electron chi connectivity index (χ2n) is 7.12. The fourth-order valence-electron chi connectivity index (χ4n) is 3.59. The lowest BCUT2D eigenvalue weighted by Gasteiger charge is -2.21. The van der Waals surface area contributed by atoms with Gasteiger partial charge in [-0.2, -0.15) is 4.98 Å². The Kier molecular flexibility index (Phi) is 6.59. The number of guanidine groups is 1. The first kappa shape index (κ1) is 20.9. The van der Waals surface area contributed by atoms with Gasteiger partial charge >= 0.3 is 0 Å². The van der Waals surface area contributed by atoms with Crippen molar-refractivity contribution in [1.82, 2.24) is 15.0 Å². The standard InChI is InChI=1S/C21H25N5O2.ClH/c1-2-3-11-27-17-9-8-14-12-16(7-6-15(14)13-17)19-24-20(28-25-19)18-5-4-10-26(18)21(22)23;/h6-9,12-13,18H,2-5,10-11H2,1H3,(H3,22,23);1H. The minimum absolute atomic E-state index is 0. The molecule has 1 aliphatic rings. The van der Waals surface area contributed by atoms with E-state index >= 15 is 0 Å². The average molecular weight is 416 g/mol. The van der Waals surface area contributed by atoms with Crippen LogP contribution in [0.25, 0.3) is 22.2 Å². The lowest BCUT2D eigenvalue weighted by molar-refractivity contribution is 0.283. The molecule has 0 saturated carbocycles. The number of unbranched alkanes of at least 4 members (excludes halogenated alkanes) is 1. The van der Waals surface area contributed by atoms with Gasteiger partial charge in [0.05, 0.1) is 6.61 Å². The molecule has 1 aromatic heterocycles. The number of nitrogens with one attached hydrogen (secondary N) is 1. The third kappa shape index (κ3) is 4.45. The Balaban J connectivity index is 0.00000240. The first-order chi connectivity index (χ1) is 13.7. The molecule has 4 rings (SSSR count). The van der Waals surface area contributed by atoms with Crippen molar-refractivity contribution < 1.29 is 9.26 Å². The van der Waals surface area contributed by atoms with E-state index < -0.39 is 0 Å². The fourth-order valence-corrected chi connectivity index (χ4v) is 3.59. The first-order valence-corrected chi connectivity index (χ1v) is 9.77. The zero-order chi connectivity index (χ0) is 19.5. The molecule has 0 aliphatic carbocycles. The highest BCUT2D eigenvalue weighted by molar-refractivity contribution is 5.87. The summed E-state index contributed by atoms with van der Waals surface area (Å²) in [6.07, 6.45) is 3.99. The lowest BCUT2D eigenvalue weighted by Crippen LogP contribution is -2.35. The van der Waals surface area contributed by atoms with Gasteiger partial charge in [0.2, 0.25) is 11.7 Å². The average Bonchev–Trinajstić information content (AvgIpc) is 3.37. The number of benzene rings is 2. The summed E-state index contributed by atoms with van der Waals surface area (Å²) in [5.41, 5.74) is 6.56. The molecule has 0 radical (unpaired) electrons. The van der Waals surface area contributed by atoms with E-state index in [1.165, 1.54) is 0 Å². The summed E-state index contributed by atoms with van der Waals surface area (Å²) < 4.78 is 11.3. The quantitative estimate of drug-likeness (QED) is 0.348. The zero-order valence-corrected chi connectivity index (χ0v) is 17.2. The normalized spacial score (nSPS) is 16.0. The van der Waals surface area contributed by atoms with Crippen LogP contribution in [0.2, 0.25) is 0 Å².